The molecule has 3 N–H and O–H groups in total. The molecule has 1 fully saturated rings. The fraction of sp³-hybridized carbons (Fsp3) is 0.415. The van der Waals surface area contributed by atoms with Gasteiger partial charge in [0.25, 0.3) is 11.8 Å². The van der Waals surface area contributed by atoms with Crippen molar-refractivity contribution in [1.29, 1.82) is 0 Å². The highest BCUT2D eigenvalue weighted by Gasteiger charge is 2.45. The van der Waals surface area contributed by atoms with Gasteiger partial charge < -0.3 is 48.5 Å². The highest BCUT2D eigenvalue weighted by molar-refractivity contribution is 6.25. The smallest absolute Gasteiger partial charge is 0.264 e. The second kappa shape index (κ2) is 21.6. The Balaban J connectivity index is 0.902. The van der Waals surface area contributed by atoms with E-state index in [0.717, 1.165) is 27.5 Å². The van der Waals surface area contributed by atoms with Crippen LogP contribution in [0.25, 0.3) is 12.2 Å². The number of rotatable bonds is 24. The summed E-state index contributed by atoms with van der Waals surface area (Å²) < 4.78 is 44.4. The van der Waals surface area contributed by atoms with Crippen molar-refractivity contribution in [3.63, 3.8) is 0 Å². The van der Waals surface area contributed by atoms with E-state index in [1.54, 1.807) is 46.6 Å². The van der Waals surface area contributed by atoms with Crippen LogP contribution in [-0.2, 0) is 28.5 Å². The highest BCUT2D eigenvalue weighted by atomic mass is 16.6. The quantitative estimate of drug-likeness (QED) is 0.0676. The molecule has 4 amide bonds. The number of anilines is 2. The summed E-state index contributed by atoms with van der Waals surface area (Å²) in [6.45, 7) is 4.19. The van der Waals surface area contributed by atoms with Gasteiger partial charge in [0, 0.05) is 25.2 Å². The van der Waals surface area contributed by atoms with Gasteiger partial charge in [-0.3, -0.25) is 29.4 Å². The summed E-state index contributed by atoms with van der Waals surface area (Å²) >= 11 is 0. The summed E-state index contributed by atoms with van der Waals surface area (Å²) in [5, 5.41) is 8.71. The van der Waals surface area contributed by atoms with Crippen molar-refractivity contribution in [2.75, 3.05) is 105 Å². The van der Waals surface area contributed by atoms with Gasteiger partial charge >= 0.3 is 0 Å². The number of ether oxygens (including phenoxy) is 8. The zero-order valence-electron chi connectivity index (χ0n) is 32.7. The summed E-state index contributed by atoms with van der Waals surface area (Å²) in [5.74, 6) is 0.244. The standard InChI is InChI=1S/C41H50N4O12/c1-50-33-12-10-27(8-9-28-25-34(51-2)38(53-4)35(26-28)52-3)24-31(33)43-15-17-55-19-21-57-23-22-56-20-18-54-16-14-42-30-7-5-6-29-37(30)41(49)45(40(29)48)32-11-13-36(46)44-39(32)47/h5-10,12,24-26,32,42-43H,11,13-23H2,1-4H3,(H,44,46,47)/b9-8-. The largest absolute Gasteiger partial charge is 0.495 e. The van der Waals surface area contributed by atoms with Crippen LogP contribution in [0.5, 0.6) is 23.0 Å². The van der Waals surface area contributed by atoms with Gasteiger partial charge in [-0.2, -0.15) is 0 Å². The summed E-state index contributed by atoms with van der Waals surface area (Å²) in [6, 6.07) is 13.5. The fourth-order valence-corrected chi connectivity index (χ4v) is 6.30. The molecule has 16 nitrogen and oxygen atoms in total. The van der Waals surface area contributed by atoms with E-state index in [1.807, 2.05) is 42.5 Å². The summed E-state index contributed by atoms with van der Waals surface area (Å²) in [7, 11) is 6.37. The van der Waals surface area contributed by atoms with Crippen molar-refractivity contribution in [2.45, 2.75) is 18.9 Å². The van der Waals surface area contributed by atoms with E-state index in [2.05, 4.69) is 16.0 Å². The van der Waals surface area contributed by atoms with Gasteiger partial charge in [-0.1, -0.05) is 24.3 Å². The van der Waals surface area contributed by atoms with Crippen LogP contribution in [0.4, 0.5) is 11.4 Å². The lowest BCUT2D eigenvalue weighted by atomic mass is 10.0. The molecule has 2 heterocycles. The van der Waals surface area contributed by atoms with Crippen molar-refractivity contribution in [3.05, 3.63) is 70.8 Å². The Bertz CT molecular complexity index is 1880. The highest BCUT2D eigenvalue weighted by Crippen LogP contribution is 2.39. The number of hydrogen-bond acceptors (Lipinski definition) is 14. The topological polar surface area (TPSA) is 181 Å². The molecule has 3 aromatic rings. The molecule has 3 aromatic carbocycles. The van der Waals surface area contributed by atoms with Gasteiger partial charge in [0.1, 0.15) is 11.8 Å². The van der Waals surface area contributed by atoms with Crippen LogP contribution in [0, 0.1) is 0 Å². The van der Waals surface area contributed by atoms with Crippen molar-refractivity contribution in [3.8, 4) is 23.0 Å². The summed E-state index contributed by atoms with van der Waals surface area (Å²) in [6.07, 6.45) is 4.12. The molecule has 0 saturated carbocycles. The van der Waals surface area contributed by atoms with Gasteiger partial charge in [-0.15, -0.1) is 0 Å². The first-order valence-electron chi connectivity index (χ1n) is 18.6. The third-order valence-electron chi connectivity index (χ3n) is 9.09. The number of nitrogens with one attached hydrogen (secondary N) is 3. The molecule has 1 atom stereocenters. The van der Waals surface area contributed by atoms with E-state index in [0.29, 0.717) is 88.9 Å². The molecule has 0 bridgehead atoms. The molecule has 0 radical (unpaired) electrons. The lowest BCUT2D eigenvalue weighted by molar-refractivity contribution is -0.136. The average Bonchev–Trinajstić information content (AvgIpc) is 3.48. The van der Waals surface area contributed by atoms with E-state index in [4.69, 9.17) is 37.9 Å². The Morgan fingerprint density at radius 1 is 0.649 bits per heavy atom. The Kier molecular flexibility index (Phi) is 16.1. The molecule has 0 aromatic heterocycles. The Labute approximate surface area is 331 Å². The van der Waals surface area contributed by atoms with Gasteiger partial charge in [-0.25, -0.2) is 0 Å². The lowest BCUT2D eigenvalue weighted by Gasteiger charge is -2.27. The first-order valence-corrected chi connectivity index (χ1v) is 18.6. The van der Waals surface area contributed by atoms with Gasteiger partial charge in [0.15, 0.2) is 11.5 Å². The molecular formula is C41H50N4O12. The van der Waals surface area contributed by atoms with Gasteiger partial charge in [-0.05, 0) is 53.9 Å². The molecule has 2 aliphatic rings. The summed E-state index contributed by atoms with van der Waals surface area (Å²) in [4.78, 5) is 51.0. The Morgan fingerprint density at radius 3 is 1.81 bits per heavy atom. The number of benzene rings is 3. The third kappa shape index (κ3) is 11.2. The van der Waals surface area contributed by atoms with Crippen molar-refractivity contribution in [1.82, 2.24) is 10.2 Å². The number of nitrogens with zero attached hydrogens (tertiary/aromatic N) is 1. The number of carbonyl (C=O) groups excluding carboxylic acids is 4. The van der Waals surface area contributed by atoms with E-state index in [1.165, 1.54) is 0 Å². The van der Waals surface area contributed by atoms with Crippen LogP contribution in [0.1, 0.15) is 44.7 Å². The van der Waals surface area contributed by atoms with Crippen LogP contribution >= 0.6 is 0 Å². The van der Waals surface area contributed by atoms with Crippen molar-refractivity contribution in [2.24, 2.45) is 0 Å². The number of fused-ring (bicyclic) bond motifs is 1. The third-order valence-corrected chi connectivity index (χ3v) is 9.09. The SMILES string of the molecule is COc1ccc(/C=C\c2cc(OC)c(OC)c(OC)c2)cc1NCCOCCOCCOCCOCCNc1cccc2c1C(=O)N(C1CCC(=O)NC1=O)C2=O. The molecular weight excluding hydrogens is 740 g/mol. The molecule has 16 heteroatoms. The van der Waals surface area contributed by atoms with Gasteiger partial charge in [0.05, 0.1) is 98.1 Å². The molecule has 2 aliphatic heterocycles. The van der Waals surface area contributed by atoms with Crippen LogP contribution in [0.2, 0.25) is 0 Å². The fourth-order valence-electron chi connectivity index (χ4n) is 6.30. The molecule has 1 unspecified atom stereocenters. The molecule has 306 valence electrons. The van der Waals surface area contributed by atoms with Crippen LogP contribution in [-0.4, -0.2) is 129 Å². The van der Waals surface area contributed by atoms with E-state index < -0.39 is 29.7 Å². The van der Waals surface area contributed by atoms with Crippen LogP contribution < -0.4 is 34.9 Å². The van der Waals surface area contributed by atoms with E-state index in [9.17, 15) is 19.2 Å². The average molecular weight is 791 g/mol. The number of imide groups is 2. The predicted molar refractivity (Wildman–Crippen MR) is 211 cm³/mol. The van der Waals surface area contributed by atoms with Crippen LogP contribution in [0.15, 0.2) is 48.5 Å². The van der Waals surface area contributed by atoms with E-state index in [-0.39, 0.29) is 24.0 Å². The maximum Gasteiger partial charge on any atom is 0.264 e. The van der Waals surface area contributed by atoms with Crippen LogP contribution in [0.3, 0.4) is 0 Å². The molecule has 1 saturated heterocycles. The normalized spacial score (nSPS) is 15.2. The Hall–Kier alpha value is -5.68. The second-order valence-corrected chi connectivity index (χ2v) is 12.7. The second-order valence-electron chi connectivity index (χ2n) is 12.7. The zero-order valence-corrected chi connectivity index (χ0v) is 32.7. The van der Waals surface area contributed by atoms with E-state index >= 15 is 0 Å². The van der Waals surface area contributed by atoms with Gasteiger partial charge in [0.2, 0.25) is 17.6 Å². The minimum atomic E-state index is -1.02. The first kappa shape index (κ1) is 42.5. The summed E-state index contributed by atoms with van der Waals surface area (Å²) in [5.41, 5.74) is 3.61. The first-order chi connectivity index (χ1) is 27.8. The minimum Gasteiger partial charge on any atom is -0.495 e. The zero-order chi connectivity index (χ0) is 40.6. The van der Waals surface area contributed by atoms with Crippen molar-refractivity contribution >= 4 is 47.2 Å². The van der Waals surface area contributed by atoms with Crippen molar-refractivity contribution < 1.29 is 57.1 Å². The number of methoxy groups -OCH3 is 4. The number of carbonyl (C=O) groups is 4. The maximum atomic E-state index is 13.2. The number of piperidine rings is 1. The number of amides is 4. The predicted octanol–water partition coefficient (Wildman–Crippen LogP) is 3.88. The molecule has 5 rings (SSSR count). The maximum absolute atomic E-state index is 13.2. The molecule has 0 aliphatic carbocycles. The molecule has 0 spiro atoms. The molecule has 57 heavy (non-hydrogen) atoms. The monoisotopic (exact) mass is 790 g/mol. The Morgan fingerprint density at radius 2 is 1.23 bits per heavy atom. The minimum absolute atomic E-state index is 0.0625. The number of hydrogen-bond donors (Lipinski definition) is 3. The lowest BCUT2D eigenvalue weighted by Crippen LogP contribution is -2.54.